The summed E-state index contributed by atoms with van der Waals surface area (Å²) in [4.78, 5) is 0. The van der Waals surface area contributed by atoms with Gasteiger partial charge in [0.15, 0.2) is 0 Å². The summed E-state index contributed by atoms with van der Waals surface area (Å²) < 4.78 is 0. The van der Waals surface area contributed by atoms with Crippen LogP contribution in [-0.2, 0) is 0 Å². The Balaban J connectivity index is 2.31. The molecule has 0 aromatic rings. The molecular weight excluding hydrogens is 192 g/mol. The van der Waals surface area contributed by atoms with Crippen LogP contribution in [0.15, 0.2) is 0 Å². The predicted molar refractivity (Wildman–Crippen MR) is 73.7 cm³/mol. The molecule has 0 aromatic carbocycles. The van der Waals surface area contributed by atoms with Crippen LogP contribution in [0.3, 0.4) is 0 Å². The Morgan fingerprint density at radius 1 is 0.938 bits per heavy atom. The third-order valence-electron chi connectivity index (χ3n) is 4.80. The molecular formula is C16H32. The van der Waals surface area contributed by atoms with Crippen LogP contribution in [0.1, 0.15) is 91.4 Å². The number of unbranched alkanes of at least 4 members (excludes halogenated alkanes) is 2. The maximum Gasteiger partial charge on any atom is -0.0297 e. The van der Waals surface area contributed by atoms with E-state index < -0.39 is 0 Å². The summed E-state index contributed by atoms with van der Waals surface area (Å²) >= 11 is 0. The molecule has 0 spiro atoms. The van der Waals surface area contributed by atoms with Gasteiger partial charge < -0.3 is 0 Å². The first-order chi connectivity index (χ1) is 7.76. The maximum atomic E-state index is 2.41. The SMILES string of the molecule is CCCCCC(CCC)CC1(CC)CCC1. The van der Waals surface area contributed by atoms with E-state index >= 15 is 0 Å². The first-order valence-electron chi connectivity index (χ1n) is 7.76. The van der Waals surface area contributed by atoms with Crippen LogP contribution in [-0.4, -0.2) is 0 Å². The molecule has 0 heterocycles. The first-order valence-corrected chi connectivity index (χ1v) is 7.76. The van der Waals surface area contributed by atoms with Crippen LogP contribution < -0.4 is 0 Å². The fourth-order valence-corrected chi connectivity index (χ4v) is 3.43. The van der Waals surface area contributed by atoms with Gasteiger partial charge in [-0.1, -0.05) is 72.1 Å². The Labute approximate surface area is 103 Å². The van der Waals surface area contributed by atoms with E-state index in [0.29, 0.717) is 0 Å². The normalized spacial score (nSPS) is 20.4. The highest BCUT2D eigenvalue weighted by Crippen LogP contribution is 2.49. The lowest BCUT2D eigenvalue weighted by Crippen LogP contribution is -2.31. The van der Waals surface area contributed by atoms with E-state index in [0.717, 1.165) is 11.3 Å². The topological polar surface area (TPSA) is 0 Å². The number of rotatable bonds is 9. The van der Waals surface area contributed by atoms with E-state index in [2.05, 4.69) is 20.8 Å². The van der Waals surface area contributed by atoms with Gasteiger partial charge in [-0.15, -0.1) is 0 Å². The largest absolute Gasteiger partial charge is 0.0654 e. The van der Waals surface area contributed by atoms with Crippen molar-refractivity contribution < 1.29 is 0 Å². The Kier molecular flexibility index (Phi) is 6.46. The van der Waals surface area contributed by atoms with Crippen molar-refractivity contribution >= 4 is 0 Å². The average molecular weight is 224 g/mol. The minimum Gasteiger partial charge on any atom is -0.0654 e. The zero-order valence-corrected chi connectivity index (χ0v) is 11.9. The van der Waals surface area contributed by atoms with Gasteiger partial charge in [-0.2, -0.15) is 0 Å². The van der Waals surface area contributed by atoms with Crippen LogP contribution >= 0.6 is 0 Å². The van der Waals surface area contributed by atoms with E-state index in [9.17, 15) is 0 Å². The minimum atomic E-state index is 0.784. The van der Waals surface area contributed by atoms with Crippen LogP contribution in [0.2, 0.25) is 0 Å². The molecule has 0 bridgehead atoms. The molecule has 1 aliphatic rings. The van der Waals surface area contributed by atoms with E-state index in [-0.39, 0.29) is 0 Å². The Hall–Kier alpha value is 0. The van der Waals surface area contributed by atoms with Crippen LogP contribution in [0.4, 0.5) is 0 Å². The van der Waals surface area contributed by atoms with Gasteiger partial charge in [-0.05, 0) is 30.6 Å². The molecule has 0 nitrogen and oxygen atoms in total. The molecule has 0 heteroatoms. The molecule has 16 heavy (non-hydrogen) atoms. The standard InChI is InChI=1S/C16H32/c1-4-7-8-11-15(10-5-2)14-16(6-3)12-9-13-16/h15H,4-14H2,1-3H3. The second-order valence-corrected chi connectivity index (χ2v) is 6.06. The van der Waals surface area contributed by atoms with Crippen molar-refractivity contribution in [1.82, 2.24) is 0 Å². The van der Waals surface area contributed by atoms with Gasteiger partial charge in [0, 0.05) is 0 Å². The van der Waals surface area contributed by atoms with Gasteiger partial charge in [0.1, 0.15) is 0 Å². The fraction of sp³-hybridized carbons (Fsp3) is 1.00. The summed E-state index contributed by atoms with van der Waals surface area (Å²) in [7, 11) is 0. The molecule has 96 valence electrons. The zero-order valence-electron chi connectivity index (χ0n) is 11.9. The lowest BCUT2D eigenvalue weighted by molar-refractivity contribution is 0.0816. The molecule has 1 rings (SSSR count). The van der Waals surface area contributed by atoms with Crippen molar-refractivity contribution in [3.8, 4) is 0 Å². The molecule has 0 aromatic heterocycles. The van der Waals surface area contributed by atoms with E-state index in [1.54, 1.807) is 6.42 Å². The van der Waals surface area contributed by atoms with Gasteiger partial charge in [0.2, 0.25) is 0 Å². The molecule has 0 amide bonds. The molecule has 1 unspecified atom stereocenters. The Morgan fingerprint density at radius 3 is 2.12 bits per heavy atom. The maximum absolute atomic E-state index is 2.41. The highest BCUT2D eigenvalue weighted by molar-refractivity contribution is 4.88. The predicted octanol–water partition coefficient (Wildman–Crippen LogP) is 5.95. The summed E-state index contributed by atoms with van der Waals surface area (Å²) in [5, 5.41) is 0. The van der Waals surface area contributed by atoms with Crippen molar-refractivity contribution in [2.45, 2.75) is 91.4 Å². The van der Waals surface area contributed by atoms with E-state index in [1.807, 2.05) is 0 Å². The lowest BCUT2D eigenvalue weighted by atomic mass is 9.62. The lowest BCUT2D eigenvalue weighted by Gasteiger charge is -2.44. The van der Waals surface area contributed by atoms with Crippen molar-refractivity contribution in [3.05, 3.63) is 0 Å². The molecule has 1 atom stereocenters. The van der Waals surface area contributed by atoms with Crippen molar-refractivity contribution in [1.29, 1.82) is 0 Å². The van der Waals surface area contributed by atoms with Gasteiger partial charge in [0.05, 0.1) is 0 Å². The van der Waals surface area contributed by atoms with Gasteiger partial charge in [-0.25, -0.2) is 0 Å². The highest BCUT2D eigenvalue weighted by Gasteiger charge is 2.36. The summed E-state index contributed by atoms with van der Waals surface area (Å²) in [5.74, 6) is 1.04. The Morgan fingerprint density at radius 2 is 1.69 bits per heavy atom. The molecule has 0 N–H and O–H groups in total. The summed E-state index contributed by atoms with van der Waals surface area (Å²) in [6, 6.07) is 0. The molecule has 1 saturated carbocycles. The second-order valence-electron chi connectivity index (χ2n) is 6.06. The molecule has 0 radical (unpaired) electrons. The van der Waals surface area contributed by atoms with Crippen LogP contribution in [0.5, 0.6) is 0 Å². The van der Waals surface area contributed by atoms with Gasteiger partial charge in [-0.3, -0.25) is 0 Å². The van der Waals surface area contributed by atoms with Crippen molar-refractivity contribution in [2.24, 2.45) is 11.3 Å². The van der Waals surface area contributed by atoms with Gasteiger partial charge in [0.25, 0.3) is 0 Å². The van der Waals surface area contributed by atoms with Crippen LogP contribution in [0, 0.1) is 11.3 Å². The van der Waals surface area contributed by atoms with Crippen LogP contribution in [0.25, 0.3) is 0 Å². The average Bonchev–Trinajstić information content (AvgIpc) is 2.23. The smallest absolute Gasteiger partial charge is 0.0297 e. The molecule has 1 fully saturated rings. The molecule has 1 aliphatic carbocycles. The molecule has 0 aliphatic heterocycles. The third-order valence-corrected chi connectivity index (χ3v) is 4.80. The zero-order chi connectivity index (χ0) is 11.9. The minimum absolute atomic E-state index is 0.784. The fourth-order valence-electron chi connectivity index (χ4n) is 3.43. The van der Waals surface area contributed by atoms with E-state index in [4.69, 9.17) is 0 Å². The quantitative estimate of drug-likeness (QED) is 0.424. The number of hydrogen-bond acceptors (Lipinski definition) is 0. The summed E-state index contributed by atoms with van der Waals surface area (Å²) in [5.41, 5.74) is 0.784. The Bertz CT molecular complexity index is 161. The monoisotopic (exact) mass is 224 g/mol. The highest BCUT2D eigenvalue weighted by atomic mass is 14.4. The van der Waals surface area contributed by atoms with Gasteiger partial charge >= 0.3 is 0 Å². The number of hydrogen-bond donors (Lipinski definition) is 0. The summed E-state index contributed by atoms with van der Waals surface area (Å²) in [6.45, 7) is 7.08. The first kappa shape index (κ1) is 14.1. The van der Waals surface area contributed by atoms with E-state index in [1.165, 1.54) is 64.2 Å². The van der Waals surface area contributed by atoms with Crippen molar-refractivity contribution in [3.63, 3.8) is 0 Å². The third kappa shape index (κ3) is 4.11. The second kappa shape index (κ2) is 7.35. The molecule has 0 saturated heterocycles. The summed E-state index contributed by atoms with van der Waals surface area (Å²) in [6.07, 6.45) is 16.2. The van der Waals surface area contributed by atoms with Crippen molar-refractivity contribution in [2.75, 3.05) is 0 Å².